The third-order valence-electron chi connectivity index (χ3n) is 11.8. The smallest absolute Gasteiger partial charge is 0.407 e. The van der Waals surface area contributed by atoms with Crippen molar-refractivity contribution >= 4 is 57.3 Å². The van der Waals surface area contributed by atoms with Crippen LogP contribution in [0.3, 0.4) is 0 Å². The van der Waals surface area contributed by atoms with E-state index in [1.807, 2.05) is 55.0 Å². The van der Waals surface area contributed by atoms with Gasteiger partial charge in [0.1, 0.15) is 17.7 Å². The molecule has 8 rings (SSSR count). The topological polar surface area (TPSA) is 188 Å². The summed E-state index contributed by atoms with van der Waals surface area (Å²) in [5, 5.41) is 6.95. The van der Waals surface area contributed by atoms with Crippen LogP contribution in [-0.2, 0) is 23.9 Å². The molecule has 2 aliphatic heterocycles. The number of aromatic nitrogens is 5. The molecule has 6 aromatic rings. The van der Waals surface area contributed by atoms with Crippen LogP contribution < -0.4 is 10.6 Å². The second-order valence-corrected chi connectivity index (χ2v) is 16.4. The number of likely N-dealkylation sites (N-methyl/N-ethyl adjacent to an activating group) is 1. The Kier molecular flexibility index (Phi) is 13.0. The van der Waals surface area contributed by atoms with Crippen molar-refractivity contribution in [3.63, 3.8) is 0 Å². The van der Waals surface area contributed by atoms with Gasteiger partial charge in [-0.1, -0.05) is 52.0 Å². The third-order valence-corrected chi connectivity index (χ3v) is 11.8. The van der Waals surface area contributed by atoms with Crippen LogP contribution in [0.1, 0.15) is 77.1 Å². The molecule has 3 amide bonds. The Morgan fingerprint density at radius 1 is 0.705 bits per heavy atom. The van der Waals surface area contributed by atoms with Crippen molar-refractivity contribution in [2.45, 2.75) is 77.5 Å². The number of rotatable bonds is 11. The van der Waals surface area contributed by atoms with E-state index in [0.717, 1.165) is 99.2 Å². The quantitative estimate of drug-likeness (QED) is 0.0985. The Hall–Kier alpha value is -6.35. The predicted octanol–water partition coefficient (Wildman–Crippen LogP) is 7.06. The SMILES string of the molecule is CN[C@H](C(=O)N1CCC[C@H]1c1nc2ccc(-c3ccc4nc(-c5ccc6nc([C@@H]7CCCN7C(=O)C(NC(=O)OC)C(C)C)[nH]c6c5)ccc4c3)cc2[nH]1)C(C)C.COC=O. The number of H-pyrrole nitrogens is 2. The lowest BCUT2D eigenvalue weighted by atomic mass is 10.0. The van der Waals surface area contributed by atoms with Gasteiger partial charge in [0.05, 0.1) is 65.6 Å². The maximum atomic E-state index is 13.6. The fraction of sp³-hybridized carbons (Fsp3) is 0.413. The molecule has 320 valence electrons. The molecule has 15 nitrogen and oxygen atoms in total. The monoisotopic (exact) mass is 829 g/mol. The van der Waals surface area contributed by atoms with Crippen molar-refractivity contribution in [1.29, 1.82) is 0 Å². The summed E-state index contributed by atoms with van der Waals surface area (Å²) in [5.41, 5.74) is 8.36. The molecule has 3 aromatic heterocycles. The number of carbonyl (C=O) groups is 4. The summed E-state index contributed by atoms with van der Waals surface area (Å²) in [6.45, 7) is 9.67. The van der Waals surface area contributed by atoms with Crippen LogP contribution in [0.25, 0.3) is 55.4 Å². The van der Waals surface area contributed by atoms with E-state index >= 15 is 0 Å². The number of nitrogens with zero attached hydrogens (tertiary/aromatic N) is 5. The molecule has 0 spiro atoms. The van der Waals surface area contributed by atoms with Gasteiger partial charge >= 0.3 is 6.09 Å². The number of methoxy groups -OCH3 is 2. The fourth-order valence-electron chi connectivity index (χ4n) is 8.61. The van der Waals surface area contributed by atoms with Crippen molar-refractivity contribution in [2.24, 2.45) is 11.8 Å². The van der Waals surface area contributed by atoms with E-state index in [9.17, 15) is 14.4 Å². The van der Waals surface area contributed by atoms with Crippen LogP contribution in [-0.4, -0.2) is 106 Å². The fourth-order valence-corrected chi connectivity index (χ4v) is 8.61. The molecule has 61 heavy (non-hydrogen) atoms. The lowest BCUT2D eigenvalue weighted by Gasteiger charge is -2.29. The Balaban J connectivity index is 0.00000134. The zero-order valence-electron chi connectivity index (χ0n) is 35.8. The molecule has 2 fully saturated rings. The van der Waals surface area contributed by atoms with Gasteiger partial charge in [-0.3, -0.25) is 14.4 Å². The van der Waals surface area contributed by atoms with E-state index in [4.69, 9.17) is 24.5 Å². The molecule has 0 bridgehead atoms. The van der Waals surface area contributed by atoms with Gasteiger partial charge in [0.2, 0.25) is 11.8 Å². The van der Waals surface area contributed by atoms with E-state index in [0.29, 0.717) is 13.0 Å². The summed E-state index contributed by atoms with van der Waals surface area (Å²) < 4.78 is 8.64. The number of imidazole rings is 2. The highest BCUT2D eigenvalue weighted by Gasteiger charge is 2.38. The van der Waals surface area contributed by atoms with Crippen LogP contribution in [0, 0.1) is 11.8 Å². The van der Waals surface area contributed by atoms with E-state index in [1.54, 1.807) is 0 Å². The molecule has 4 atom stereocenters. The molecule has 1 unspecified atom stereocenters. The van der Waals surface area contributed by atoms with Crippen LogP contribution in [0.4, 0.5) is 4.79 Å². The van der Waals surface area contributed by atoms with E-state index < -0.39 is 12.1 Å². The number of nitrogens with one attached hydrogen (secondary N) is 4. The molecule has 5 heterocycles. The molecule has 2 saturated heterocycles. The average Bonchev–Trinajstić information content (AvgIpc) is 4.10. The van der Waals surface area contributed by atoms with Gasteiger partial charge in [-0.15, -0.1) is 0 Å². The minimum absolute atomic E-state index is 0.0610. The first-order valence-electron chi connectivity index (χ1n) is 20.9. The average molecular weight is 830 g/mol. The number of aromatic amines is 2. The van der Waals surface area contributed by atoms with E-state index in [2.05, 4.69) is 81.7 Å². The zero-order chi connectivity index (χ0) is 43.4. The number of benzene rings is 3. The number of hydrogen-bond acceptors (Lipinski definition) is 10. The number of ether oxygens (including phenoxy) is 2. The lowest BCUT2D eigenvalue weighted by Crippen LogP contribution is -2.51. The Morgan fingerprint density at radius 2 is 1.21 bits per heavy atom. The summed E-state index contributed by atoms with van der Waals surface area (Å²) in [5.74, 6) is 1.66. The highest BCUT2D eigenvalue weighted by molar-refractivity contribution is 5.90. The van der Waals surface area contributed by atoms with Crippen LogP contribution in [0.2, 0.25) is 0 Å². The molecule has 0 saturated carbocycles. The van der Waals surface area contributed by atoms with E-state index in [1.165, 1.54) is 14.2 Å². The van der Waals surface area contributed by atoms with Gasteiger partial charge in [-0.25, -0.2) is 19.7 Å². The molecule has 4 N–H and O–H groups in total. The van der Waals surface area contributed by atoms with Crippen molar-refractivity contribution in [3.05, 3.63) is 78.4 Å². The summed E-state index contributed by atoms with van der Waals surface area (Å²) in [4.78, 5) is 73.8. The Morgan fingerprint density at radius 3 is 1.74 bits per heavy atom. The standard InChI is InChI=1S/C44H51N9O4.C2H4O2/c1-24(2)38(45-5)42(54)52-19-7-9-36(52)40-47-32-17-12-27(22-34(32)49-40)26-11-15-30-28(21-26)13-16-31(46-30)29-14-18-33-35(23-29)50-41(48-33)37-10-8-20-53(37)43(55)39(25(3)4)51-44(56)57-6;1-4-2-3/h11-18,21-25,36-39,45H,7-10,19-20H2,1-6H3,(H,47,49)(H,48,50)(H,51,56);2H,1H3/t36-,37-,38-,39?;/m0./s1. The van der Waals surface area contributed by atoms with Gasteiger partial charge in [0.15, 0.2) is 0 Å². The Bertz CT molecular complexity index is 2550. The first kappa shape index (κ1) is 42.8. The maximum Gasteiger partial charge on any atom is 0.407 e. The van der Waals surface area contributed by atoms with Crippen LogP contribution in [0.5, 0.6) is 0 Å². The molecular formula is C46H55N9O6. The number of pyridine rings is 1. The number of likely N-dealkylation sites (tertiary alicyclic amines) is 2. The number of alkyl carbamates (subject to hydrolysis) is 1. The van der Waals surface area contributed by atoms with Crippen molar-refractivity contribution in [1.82, 2.24) is 45.4 Å². The molecule has 0 radical (unpaired) electrons. The van der Waals surface area contributed by atoms with Crippen molar-refractivity contribution in [2.75, 3.05) is 34.4 Å². The van der Waals surface area contributed by atoms with Crippen molar-refractivity contribution in [3.8, 4) is 22.4 Å². The number of amides is 3. The van der Waals surface area contributed by atoms with Gasteiger partial charge in [0, 0.05) is 24.0 Å². The third kappa shape index (κ3) is 8.92. The Labute approximate surface area is 355 Å². The summed E-state index contributed by atoms with van der Waals surface area (Å²) >= 11 is 0. The zero-order valence-corrected chi connectivity index (χ0v) is 35.8. The normalized spacial score (nSPS) is 17.5. The minimum Gasteiger partial charge on any atom is -0.471 e. The van der Waals surface area contributed by atoms with Gasteiger partial charge in [0.25, 0.3) is 6.47 Å². The second kappa shape index (κ2) is 18.5. The number of fused-ring (bicyclic) bond motifs is 3. The molecular weight excluding hydrogens is 775 g/mol. The number of hydrogen-bond donors (Lipinski definition) is 4. The van der Waals surface area contributed by atoms with Gasteiger partial charge in [-0.05, 0) is 98.2 Å². The van der Waals surface area contributed by atoms with Crippen LogP contribution in [0.15, 0.2) is 66.7 Å². The van der Waals surface area contributed by atoms with Crippen molar-refractivity contribution < 1.29 is 28.7 Å². The van der Waals surface area contributed by atoms with Gasteiger partial charge in [-0.2, -0.15) is 0 Å². The second-order valence-electron chi connectivity index (χ2n) is 16.4. The van der Waals surface area contributed by atoms with Gasteiger partial charge < -0.3 is 39.9 Å². The maximum absolute atomic E-state index is 13.6. The largest absolute Gasteiger partial charge is 0.471 e. The van der Waals surface area contributed by atoms with Crippen LogP contribution >= 0.6 is 0 Å². The predicted molar refractivity (Wildman–Crippen MR) is 234 cm³/mol. The summed E-state index contributed by atoms with van der Waals surface area (Å²) in [7, 11) is 4.46. The lowest BCUT2D eigenvalue weighted by molar-refractivity contribution is -0.136. The molecule has 0 aliphatic carbocycles. The number of carbonyl (C=O) groups excluding carboxylic acids is 4. The molecule has 2 aliphatic rings. The summed E-state index contributed by atoms with van der Waals surface area (Å²) in [6.07, 6.45) is 2.86. The summed E-state index contributed by atoms with van der Waals surface area (Å²) in [6, 6.07) is 21.6. The minimum atomic E-state index is -0.689. The highest BCUT2D eigenvalue weighted by Crippen LogP contribution is 2.36. The highest BCUT2D eigenvalue weighted by atomic mass is 16.5. The molecule has 15 heteroatoms. The first-order valence-corrected chi connectivity index (χ1v) is 20.9. The first-order chi connectivity index (χ1) is 29.4. The molecule has 3 aromatic carbocycles. The van der Waals surface area contributed by atoms with E-state index in [-0.39, 0.29) is 41.8 Å².